The van der Waals surface area contributed by atoms with E-state index in [1.807, 2.05) is 0 Å². The second-order valence-corrected chi connectivity index (χ2v) is 2.98. The van der Waals surface area contributed by atoms with E-state index in [1.54, 1.807) is 0 Å². The molecule has 0 radical (unpaired) electrons. The molecule has 1 unspecified atom stereocenters. The Morgan fingerprint density at radius 1 is 1.64 bits per heavy atom. The molecule has 0 saturated carbocycles. The quantitative estimate of drug-likeness (QED) is 0.720. The normalized spacial score (nSPS) is 14.5. The van der Waals surface area contributed by atoms with Gasteiger partial charge in [0, 0.05) is 6.42 Å². The molecule has 0 heterocycles. The standard InChI is InChI=1S/C5H8F3NOS/c1-11-3(2-4(9)10)5(6,7)8/h3H,2H2,1H3,(H2,9,10). The highest BCUT2D eigenvalue weighted by Gasteiger charge is 2.39. The number of amides is 1. The third-order valence-corrected chi connectivity index (χ3v) is 2.04. The molecule has 1 amide bonds. The van der Waals surface area contributed by atoms with Crippen molar-refractivity contribution in [2.75, 3.05) is 6.26 Å². The monoisotopic (exact) mass is 187 g/mol. The molecule has 0 bridgehead atoms. The first-order valence-corrected chi connectivity index (χ1v) is 4.04. The lowest BCUT2D eigenvalue weighted by Gasteiger charge is -2.15. The number of rotatable bonds is 3. The zero-order chi connectivity index (χ0) is 9.07. The molecule has 0 aromatic heterocycles. The van der Waals surface area contributed by atoms with Gasteiger partial charge < -0.3 is 5.73 Å². The maximum absolute atomic E-state index is 11.9. The maximum atomic E-state index is 11.9. The van der Waals surface area contributed by atoms with Crippen LogP contribution in [0.1, 0.15) is 6.42 Å². The summed E-state index contributed by atoms with van der Waals surface area (Å²) in [6.07, 6.45) is -3.69. The van der Waals surface area contributed by atoms with E-state index in [2.05, 4.69) is 5.73 Å². The summed E-state index contributed by atoms with van der Waals surface area (Å²) in [6, 6.07) is 0. The van der Waals surface area contributed by atoms with Crippen molar-refractivity contribution in [3.8, 4) is 0 Å². The number of carbonyl (C=O) groups is 1. The van der Waals surface area contributed by atoms with Crippen LogP contribution in [0.3, 0.4) is 0 Å². The lowest BCUT2D eigenvalue weighted by molar-refractivity contribution is -0.138. The molecular weight excluding hydrogens is 179 g/mol. The van der Waals surface area contributed by atoms with Crippen LogP contribution in [0.5, 0.6) is 0 Å². The molecule has 0 rings (SSSR count). The molecule has 0 aromatic carbocycles. The van der Waals surface area contributed by atoms with Crippen molar-refractivity contribution in [2.24, 2.45) is 5.73 Å². The Bertz CT molecular complexity index is 147. The van der Waals surface area contributed by atoms with Gasteiger partial charge in [0.05, 0.1) is 0 Å². The summed E-state index contributed by atoms with van der Waals surface area (Å²) in [5.74, 6) is -0.929. The molecule has 0 aliphatic heterocycles. The van der Waals surface area contributed by atoms with Crippen LogP contribution in [0.2, 0.25) is 0 Å². The van der Waals surface area contributed by atoms with E-state index in [0.29, 0.717) is 11.8 Å². The topological polar surface area (TPSA) is 43.1 Å². The second kappa shape index (κ2) is 3.85. The van der Waals surface area contributed by atoms with Crippen LogP contribution in [0.4, 0.5) is 13.2 Å². The second-order valence-electron chi connectivity index (χ2n) is 1.94. The Labute approximate surface area is 66.3 Å². The SMILES string of the molecule is CSC(CC(N)=O)C(F)(F)F. The summed E-state index contributed by atoms with van der Waals surface area (Å²) < 4.78 is 35.6. The van der Waals surface area contributed by atoms with Gasteiger partial charge in [-0.15, -0.1) is 0 Å². The van der Waals surface area contributed by atoms with Crippen LogP contribution in [-0.2, 0) is 4.79 Å². The number of carbonyl (C=O) groups excluding carboxylic acids is 1. The first-order chi connectivity index (χ1) is 4.88. The lowest BCUT2D eigenvalue weighted by Crippen LogP contribution is -2.30. The molecule has 0 aliphatic carbocycles. The number of thioether (sulfide) groups is 1. The van der Waals surface area contributed by atoms with Crippen LogP contribution in [0.15, 0.2) is 0 Å². The summed E-state index contributed by atoms with van der Waals surface area (Å²) in [6.45, 7) is 0. The molecule has 11 heavy (non-hydrogen) atoms. The minimum absolute atomic E-state index is 0.579. The number of hydrogen-bond acceptors (Lipinski definition) is 2. The summed E-state index contributed by atoms with van der Waals surface area (Å²) >= 11 is 0.579. The lowest BCUT2D eigenvalue weighted by atomic mass is 10.3. The van der Waals surface area contributed by atoms with E-state index in [9.17, 15) is 18.0 Å². The minimum atomic E-state index is -4.34. The van der Waals surface area contributed by atoms with Gasteiger partial charge in [0.2, 0.25) is 5.91 Å². The van der Waals surface area contributed by atoms with Crippen LogP contribution >= 0.6 is 11.8 Å². The number of nitrogens with two attached hydrogens (primary N) is 1. The van der Waals surface area contributed by atoms with Crippen LogP contribution in [-0.4, -0.2) is 23.6 Å². The Balaban J connectivity index is 4.07. The first-order valence-electron chi connectivity index (χ1n) is 2.75. The number of primary amides is 1. The van der Waals surface area contributed by atoms with Gasteiger partial charge in [-0.05, 0) is 6.26 Å². The molecule has 0 fully saturated rings. The van der Waals surface area contributed by atoms with E-state index < -0.39 is 23.8 Å². The van der Waals surface area contributed by atoms with E-state index in [4.69, 9.17) is 0 Å². The van der Waals surface area contributed by atoms with E-state index >= 15 is 0 Å². The first kappa shape index (κ1) is 10.6. The van der Waals surface area contributed by atoms with Crippen molar-refractivity contribution in [1.82, 2.24) is 0 Å². The third kappa shape index (κ3) is 4.13. The van der Waals surface area contributed by atoms with E-state index in [-0.39, 0.29) is 0 Å². The van der Waals surface area contributed by atoms with Gasteiger partial charge in [0.15, 0.2) is 0 Å². The van der Waals surface area contributed by atoms with Crippen LogP contribution in [0.25, 0.3) is 0 Å². The summed E-state index contributed by atoms with van der Waals surface area (Å²) in [5, 5.41) is -1.67. The van der Waals surface area contributed by atoms with Crippen molar-refractivity contribution in [3.63, 3.8) is 0 Å². The largest absolute Gasteiger partial charge is 0.401 e. The molecule has 66 valence electrons. The van der Waals surface area contributed by atoms with Crippen LogP contribution < -0.4 is 5.73 Å². The average Bonchev–Trinajstić information content (AvgIpc) is 1.79. The van der Waals surface area contributed by atoms with Gasteiger partial charge >= 0.3 is 6.18 Å². The zero-order valence-corrected chi connectivity index (χ0v) is 6.63. The predicted octanol–water partition coefficient (Wildman–Crippen LogP) is 1.16. The molecule has 6 heteroatoms. The molecular formula is C5H8F3NOS. The molecule has 2 N–H and O–H groups in total. The van der Waals surface area contributed by atoms with Crippen LogP contribution in [0, 0.1) is 0 Å². The van der Waals surface area contributed by atoms with Crippen molar-refractivity contribution in [1.29, 1.82) is 0 Å². The highest BCUT2D eigenvalue weighted by Crippen LogP contribution is 2.30. The number of alkyl halides is 3. The molecule has 1 atom stereocenters. The van der Waals surface area contributed by atoms with E-state index in [0.717, 1.165) is 0 Å². The van der Waals surface area contributed by atoms with Crippen molar-refractivity contribution < 1.29 is 18.0 Å². The minimum Gasteiger partial charge on any atom is -0.370 e. The summed E-state index contributed by atoms with van der Waals surface area (Å²) in [7, 11) is 0. The van der Waals surface area contributed by atoms with Crippen molar-refractivity contribution >= 4 is 17.7 Å². The highest BCUT2D eigenvalue weighted by molar-refractivity contribution is 7.99. The predicted molar refractivity (Wildman–Crippen MR) is 37.2 cm³/mol. The molecule has 0 aromatic rings. The average molecular weight is 187 g/mol. The van der Waals surface area contributed by atoms with Gasteiger partial charge in [-0.1, -0.05) is 0 Å². The Morgan fingerprint density at radius 3 is 2.18 bits per heavy atom. The molecule has 2 nitrogen and oxygen atoms in total. The summed E-state index contributed by atoms with van der Waals surface area (Å²) in [4.78, 5) is 10.1. The molecule has 0 saturated heterocycles. The van der Waals surface area contributed by atoms with Gasteiger partial charge in [0.25, 0.3) is 0 Å². The maximum Gasteiger partial charge on any atom is 0.401 e. The summed E-state index contributed by atoms with van der Waals surface area (Å²) in [5.41, 5.74) is 4.61. The number of halogens is 3. The van der Waals surface area contributed by atoms with Gasteiger partial charge in [-0.3, -0.25) is 4.79 Å². The highest BCUT2D eigenvalue weighted by atomic mass is 32.2. The van der Waals surface area contributed by atoms with Gasteiger partial charge in [-0.2, -0.15) is 24.9 Å². The Hall–Kier alpha value is -0.390. The fraction of sp³-hybridized carbons (Fsp3) is 0.800. The van der Waals surface area contributed by atoms with Crippen molar-refractivity contribution in [2.45, 2.75) is 17.8 Å². The zero-order valence-electron chi connectivity index (χ0n) is 5.81. The third-order valence-electron chi connectivity index (χ3n) is 1.04. The fourth-order valence-electron chi connectivity index (χ4n) is 0.515. The Kier molecular flexibility index (Phi) is 3.71. The van der Waals surface area contributed by atoms with E-state index in [1.165, 1.54) is 6.26 Å². The molecule has 0 spiro atoms. The smallest absolute Gasteiger partial charge is 0.370 e. The Morgan fingerprint density at radius 2 is 2.09 bits per heavy atom. The fourth-order valence-corrected chi connectivity index (χ4v) is 1.11. The number of hydrogen-bond donors (Lipinski definition) is 1. The molecule has 0 aliphatic rings. The van der Waals surface area contributed by atoms with Gasteiger partial charge in [-0.25, -0.2) is 0 Å². The van der Waals surface area contributed by atoms with Gasteiger partial charge in [0.1, 0.15) is 5.25 Å². The van der Waals surface area contributed by atoms with Crippen molar-refractivity contribution in [3.05, 3.63) is 0 Å².